The van der Waals surface area contributed by atoms with Gasteiger partial charge in [0.1, 0.15) is 0 Å². The number of unbranched alkanes of at least 4 members (excludes halogenated alkanes) is 5. The summed E-state index contributed by atoms with van der Waals surface area (Å²) in [7, 11) is 0. The van der Waals surface area contributed by atoms with Crippen LogP contribution in [0.15, 0.2) is 30.3 Å². The van der Waals surface area contributed by atoms with Crippen LogP contribution in [0.1, 0.15) is 56.6 Å². The molecule has 4 nitrogen and oxygen atoms in total. The molecule has 1 aromatic rings. The molecular weight excluding hydrogens is 418 g/mol. The Morgan fingerprint density at radius 1 is 0.957 bits per heavy atom. The summed E-state index contributed by atoms with van der Waals surface area (Å²) in [5, 5.41) is 21.5. The van der Waals surface area contributed by atoms with Gasteiger partial charge in [0.05, 0.1) is 11.9 Å². The monoisotopic (exact) mass is 440 g/mol. The predicted octanol–water partition coefficient (Wildman–Crippen LogP) is 1.09. The van der Waals surface area contributed by atoms with E-state index in [-0.39, 0.29) is 54.5 Å². The number of aliphatic carboxylic acids is 2. The SMILES string of the molecule is CCCCCCCCc1ccc(/C(=C/C(=O)[O-])C(=O)[O-])cc1.[Ba+2]. The normalized spacial score (nSPS) is 10.9. The Labute approximate surface area is 178 Å². The van der Waals surface area contributed by atoms with E-state index in [1.807, 2.05) is 12.1 Å². The molecule has 0 aliphatic rings. The van der Waals surface area contributed by atoms with Crippen molar-refractivity contribution in [2.75, 3.05) is 0 Å². The maximum Gasteiger partial charge on any atom is 2.00 e. The van der Waals surface area contributed by atoms with Crippen LogP contribution >= 0.6 is 0 Å². The van der Waals surface area contributed by atoms with Crippen molar-refractivity contribution < 1.29 is 19.8 Å². The number of hydrogen-bond acceptors (Lipinski definition) is 4. The Hall–Kier alpha value is -0.529. The van der Waals surface area contributed by atoms with Crippen LogP contribution < -0.4 is 10.2 Å². The fraction of sp³-hybridized carbons (Fsp3) is 0.444. The van der Waals surface area contributed by atoms with Gasteiger partial charge in [-0.3, -0.25) is 0 Å². The van der Waals surface area contributed by atoms with Crippen LogP contribution in [0.25, 0.3) is 5.57 Å². The number of aryl methyl sites for hydroxylation is 1. The molecule has 0 aromatic heterocycles. The third kappa shape index (κ3) is 9.37. The van der Waals surface area contributed by atoms with Crippen LogP contribution in [0.5, 0.6) is 0 Å². The molecule has 0 unspecified atom stereocenters. The van der Waals surface area contributed by atoms with Crippen LogP contribution in [0, 0.1) is 0 Å². The van der Waals surface area contributed by atoms with Crippen LogP contribution in [-0.4, -0.2) is 60.8 Å². The van der Waals surface area contributed by atoms with E-state index in [4.69, 9.17) is 0 Å². The number of hydrogen-bond donors (Lipinski definition) is 0. The van der Waals surface area contributed by atoms with Crippen molar-refractivity contribution >= 4 is 66.4 Å². The molecule has 23 heavy (non-hydrogen) atoms. The molecule has 0 spiro atoms. The summed E-state index contributed by atoms with van der Waals surface area (Å²) >= 11 is 0. The molecule has 0 heterocycles. The van der Waals surface area contributed by atoms with Gasteiger partial charge >= 0.3 is 48.9 Å². The Morgan fingerprint density at radius 2 is 1.52 bits per heavy atom. The Balaban J connectivity index is 0.00000484. The maximum absolute atomic E-state index is 10.9. The average Bonchev–Trinajstić information content (AvgIpc) is 2.49. The van der Waals surface area contributed by atoms with Gasteiger partial charge in [-0.05, 0) is 30.0 Å². The minimum atomic E-state index is -1.55. The van der Waals surface area contributed by atoms with E-state index in [9.17, 15) is 19.8 Å². The summed E-state index contributed by atoms with van der Waals surface area (Å²) in [6, 6.07) is 6.87. The van der Waals surface area contributed by atoms with Crippen molar-refractivity contribution in [1.29, 1.82) is 0 Å². The summed E-state index contributed by atoms with van der Waals surface area (Å²) in [5.41, 5.74) is 1.06. The van der Waals surface area contributed by atoms with Gasteiger partial charge < -0.3 is 19.8 Å². The van der Waals surface area contributed by atoms with Crippen molar-refractivity contribution in [3.05, 3.63) is 41.5 Å². The first-order valence-electron chi connectivity index (χ1n) is 7.78. The first-order valence-corrected chi connectivity index (χ1v) is 7.78. The van der Waals surface area contributed by atoms with Crippen LogP contribution in [0.3, 0.4) is 0 Å². The Bertz CT molecular complexity index is 520. The number of carboxylic acid groups (broad SMARTS) is 2. The third-order valence-electron chi connectivity index (χ3n) is 3.57. The van der Waals surface area contributed by atoms with E-state index in [0.717, 1.165) is 18.4 Å². The first kappa shape index (κ1) is 22.5. The number of rotatable bonds is 10. The maximum atomic E-state index is 10.9. The topological polar surface area (TPSA) is 80.3 Å². The summed E-state index contributed by atoms with van der Waals surface area (Å²) < 4.78 is 0. The minimum Gasteiger partial charge on any atom is -0.545 e. The first-order chi connectivity index (χ1) is 10.5. The second-order valence-corrected chi connectivity index (χ2v) is 5.38. The summed E-state index contributed by atoms with van der Waals surface area (Å²) in [6.45, 7) is 2.19. The van der Waals surface area contributed by atoms with Gasteiger partial charge in [-0.25, -0.2) is 0 Å². The van der Waals surface area contributed by atoms with Gasteiger partial charge in [-0.15, -0.1) is 0 Å². The summed E-state index contributed by atoms with van der Waals surface area (Å²) in [4.78, 5) is 21.5. The van der Waals surface area contributed by atoms with Crippen LogP contribution in [0.4, 0.5) is 0 Å². The Morgan fingerprint density at radius 3 is 2.04 bits per heavy atom. The summed E-state index contributed by atoms with van der Waals surface area (Å²) in [5.74, 6) is -3.07. The predicted molar refractivity (Wildman–Crippen MR) is 87.3 cm³/mol. The molecule has 0 N–H and O–H groups in total. The van der Waals surface area contributed by atoms with E-state index in [1.54, 1.807) is 12.1 Å². The molecule has 1 rings (SSSR count). The molecule has 0 atom stereocenters. The molecule has 0 saturated heterocycles. The van der Waals surface area contributed by atoms with E-state index >= 15 is 0 Å². The fourth-order valence-electron chi connectivity index (χ4n) is 2.34. The largest absolute Gasteiger partial charge is 2.00 e. The van der Waals surface area contributed by atoms with E-state index in [0.29, 0.717) is 11.6 Å². The van der Waals surface area contributed by atoms with Crippen molar-refractivity contribution in [3.8, 4) is 0 Å². The quantitative estimate of drug-likeness (QED) is 0.311. The molecule has 120 valence electrons. The number of benzene rings is 1. The Kier molecular flexibility index (Phi) is 12.5. The standard InChI is InChI=1S/C18H24O4.Ba/c1-2-3-4-5-6-7-8-14-9-11-15(12-10-14)16(18(21)22)13-17(19)20;/h9-13H,2-8H2,1H3,(H,19,20)(H,21,22);/q;+2/p-2/b16-13-;. The average molecular weight is 440 g/mol. The number of carbonyl (C=O) groups excluding carboxylic acids is 2. The van der Waals surface area contributed by atoms with Gasteiger partial charge in [0.15, 0.2) is 0 Å². The van der Waals surface area contributed by atoms with Gasteiger partial charge in [0.2, 0.25) is 0 Å². The zero-order chi connectivity index (χ0) is 16.4. The van der Waals surface area contributed by atoms with Crippen molar-refractivity contribution in [3.63, 3.8) is 0 Å². The van der Waals surface area contributed by atoms with Crippen molar-refractivity contribution in [1.82, 2.24) is 0 Å². The van der Waals surface area contributed by atoms with E-state index < -0.39 is 11.9 Å². The zero-order valence-corrected chi connectivity index (χ0v) is 18.1. The molecule has 0 radical (unpaired) electrons. The number of carboxylic acids is 2. The van der Waals surface area contributed by atoms with Gasteiger partial charge in [0.25, 0.3) is 0 Å². The molecule has 0 amide bonds. The molecule has 1 aromatic carbocycles. The molecule has 0 fully saturated rings. The van der Waals surface area contributed by atoms with Crippen LogP contribution in [0.2, 0.25) is 0 Å². The molecular formula is C18H22BaO4. The van der Waals surface area contributed by atoms with Gasteiger partial charge in [-0.2, -0.15) is 0 Å². The van der Waals surface area contributed by atoms with Crippen molar-refractivity contribution in [2.45, 2.75) is 51.9 Å². The second-order valence-electron chi connectivity index (χ2n) is 5.38. The number of carbonyl (C=O) groups is 2. The van der Waals surface area contributed by atoms with Crippen molar-refractivity contribution in [2.24, 2.45) is 0 Å². The second kappa shape index (κ2) is 12.8. The van der Waals surface area contributed by atoms with E-state index in [1.165, 1.54) is 32.1 Å². The van der Waals surface area contributed by atoms with Gasteiger partial charge in [0, 0.05) is 5.57 Å². The minimum absolute atomic E-state index is 0. The molecule has 0 aliphatic carbocycles. The molecule has 5 heteroatoms. The van der Waals surface area contributed by atoms with Gasteiger partial charge in [-0.1, -0.05) is 63.3 Å². The molecule has 0 bridgehead atoms. The zero-order valence-electron chi connectivity index (χ0n) is 13.7. The molecule has 0 saturated carbocycles. The molecule has 0 aliphatic heterocycles. The van der Waals surface area contributed by atoms with E-state index in [2.05, 4.69) is 6.92 Å². The third-order valence-corrected chi connectivity index (χ3v) is 3.57. The fourth-order valence-corrected chi connectivity index (χ4v) is 2.34. The van der Waals surface area contributed by atoms with Crippen LogP contribution in [-0.2, 0) is 16.0 Å². The summed E-state index contributed by atoms with van der Waals surface area (Å²) in [6.07, 6.45) is 8.83. The smallest absolute Gasteiger partial charge is 0.545 e.